The van der Waals surface area contributed by atoms with Gasteiger partial charge < -0.3 is 48.6 Å². The van der Waals surface area contributed by atoms with E-state index in [4.69, 9.17) is 38.4 Å². The van der Waals surface area contributed by atoms with E-state index in [1.165, 1.54) is 0 Å². The topological polar surface area (TPSA) is 158 Å². The molecule has 1 saturated heterocycles. The van der Waals surface area contributed by atoms with Gasteiger partial charge in [-0.05, 0) is 104 Å². The summed E-state index contributed by atoms with van der Waals surface area (Å²) in [5.74, 6) is -0.154. The van der Waals surface area contributed by atoms with E-state index in [-0.39, 0.29) is 77.0 Å². The molecule has 0 aromatic heterocycles. The lowest BCUT2D eigenvalue weighted by atomic mass is 9.55. The zero-order valence-electron chi connectivity index (χ0n) is 36.0. The van der Waals surface area contributed by atoms with Gasteiger partial charge in [-0.25, -0.2) is 4.79 Å². The second-order valence-corrected chi connectivity index (χ2v) is 16.5. The van der Waals surface area contributed by atoms with Crippen molar-refractivity contribution in [3.05, 3.63) is 90.5 Å². The van der Waals surface area contributed by atoms with E-state index in [0.29, 0.717) is 48.8 Å². The number of oxime groups is 1. The summed E-state index contributed by atoms with van der Waals surface area (Å²) in [7, 11) is 0. The quantitative estimate of drug-likeness (QED) is 0.0508. The Morgan fingerprint density at radius 3 is 2.50 bits per heavy atom. The second kappa shape index (κ2) is 22.2. The molecule has 2 fully saturated rings. The Morgan fingerprint density at radius 1 is 0.952 bits per heavy atom. The largest absolute Gasteiger partial charge is 0.459 e. The minimum absolute atomic E-state index is 0.0331. The third kappa shape index (κ3) is 10.3. The summed E-state index contributed by atoms with van der Waals surface area (Å²) in [5, 5.41) is 36.6. The lowest BCUT2D eigenvalue weighted by molar-refractivity contribution is -0.256. The smallest absolute Gasteiger partial charge is 0.410 e. The van der Waals surface area contributed by atoms with E-state index in [0.717, 1.165) is 60.4 Å². The van der Waals surface area contributed by atoms with Gasteiger partial charge in [-0.3, -0.25) is 4.90 Å². The summed E-state index contributed by atoms with van der Waals surface area (Å²) in [5.41, 5.74) is 2.54. The minimum Gasteiger partial charge on any atom is -0.459 e. The SMILES string of the molecule is C=CCO[C@@]12Oc3ccc(Oc4ccc5ccccc5c4)cc3[C@H]3[C@H](CCCCO)[C@@H](CCCCO)C=C(C(=NOC4CCCCO4)C[C@@H]1N(CCOCCO)C(=O)OCC)[C@H]32. The Balaban J connectivity index is 1.42. The van der Waals surface area contributed by atoms with Crippen LogP contribution in [0.3, 0.4) is 0 Å². The molecule has 2 aliphatic carbocycles. The summed E-state index contributed by atoms with van der Waals surface area (Å²) in [6.45, 7) is 7.04. The molecule has 0 radical (unpaired) electrons. The molecule has 3 aromatic rings. The number of aliphatic hydroxyl groups is 3. The van der Waals surface area contributed by atoms with Gasteiger partial charge in [0.2, 0.25) is 12.1 Å². The fraction of sp³-hybridized carbons (Fsp3) is 0.551. The highest BCUT2D eigenvalue weighted by Crippen LogP contribution is 2.62. The molecule has 0 spiro atoms. The standard InChI is InChI=1S/C49H64N2O11/c1-3-26-59-49-44(51(48(55)57-4-2)22-28-56-29-25-54)33-42(50-62-45-17-9-12-27-58-45)40-31-36(15-7-10-23-52)39(16-8-11-24-53)46(47(40)49)41-32-38(20-21-43(41)61-49)60-37-19-18-34-13-5-6-14-35(34)30-37/h3,5-6,13-14,18-21,30-32,36,39,44-47,52-54H,1,4,7-12,15-17,22-29,33H2,2H3/t36-,39+,44-,45?,46+,47+,49+/m0/s1. The van der Waals surface area contributed by atoms with Crippen molar-refractivity contribution in [2.24, 2.45) is 22.9 Å². The predicted octanol–water partition coefficient (Wildman–Crippen LogP) is 8.26. The van der Waals surface area contributed by atoms with E-state index in [1.54, 1.807) is 17.9 Å². The molecule has 7 atom stereocenters. The molecule has 1 saturated carbocycles. The highest BCUT2D eigenvalue weighted by molar-refractivity contribution is 6.03. The van der Waals surface area contributed by atoms with Gasteiger partial charge in [-0.1, -0.05) is 60.5 Å². The second-order valence-electron chi connectivity index (χ2n) is 16.5. The van der Waals surface area contributed by atoms with Crippen LogP contribution in [-0.2, 0) is 23.8 Å². The maximum Gasteiger partial charge on any atom is 0.410 e. The first kappa shape index (κ1) is 45.5. The van der Waals surface area contributed by atoms with Gasteiger partial charge in [0.05, 0.1) is 51.3 Å². The summed E-state index contributed by atoms with van der Waals surface area (Å²) in [6, 6.07) is 19.4. The van der Waals surface area contributed by atoms with E-state index in [1.807, 2.05) is 36.4 Å². The zero-order valence-corrected chi connectivity index (χ0v) is 36.0. The molecular weight excluding hydrogens is 793 g/mol. The number of fused-ring (bicyclic) bond motifs is 3. The van der Waals surface area contributed by atoms with Crippen LogP contribution in [0.15, 0.2) is 90.1 Å². The molecule has 2 aliphatic heterocycles. The van der Waals surface area contributed by atoms with Crippen LogP contribution >= 0.6 is 0 Å². The molecule has 13 nitrogen and oxygen atoms in total. The number of unbranched alkanes of at least 4 members (excludes halogenated alkanes) is 2. The molecule has 62 heavy (non-hydrogen) atoms. The average molecular weight is 857 g/mol. The van der Waals surface area contributed by atoms with Crippen LogP contribution in [0.5, 0.6) is 17.2 Å². The number of benzene rings is 3. The molecule has 13 heteroatoms. The maximum absolute atomic E-state index is 14.2. The molecule has 3 aromatic carbocycles. The molecule has 1 amide bonds. The average Bonchev–Trinajstić information content (AvgIpc) is 3.29. The lowest BCUT2D eigenvalue weighted by Crippen LogP contribution is -2.70. The molecule has 1 unspecified atom stereocenters. The van der Waals surface area contributed by atoms with Gasteiger partial charge in [-0.2, -0.15) is 0 Å². The summed E-state index contributed by atoms with van der Waals surface area (Å²) in [6.07, 6.45) is 10.3. The minimum atomic E-state index is -1.46. The Labute approximate surface area is 365 Å². The van der Waals surface area contributed by atoms with Crippen molar-refractivity contribution < 1.29 is 53.4 Å². The Morgan fingerprint density at radius 2 is 1.74 bits per heavy atom. The molecule has 2 heterocycles. The van der Waals surface area contributed by atoms with Gasteiger partial charge in [-0.15, -0.1) is 6.58 Å². The monoisotopic (exact) mass is 856 g/mol. The third-order valence-electron chi connectivity index (χ3n) is 12.6. The summed E-state index contributed by atoms with van der Waals surface area (Å²) >= 11 is 0. The van der Waals surface area contributed by atoms with E-state index in [2.05, 4.69) is 36.9 Å². The molecule has 0 bridgehead atoms. The first-order valence-corrected chi connectivity index (χ1v) is 22.6. The number of allylic oxidation sites excluding steroid dienone is 1. The van der Waals surface area contributed by atoms with Gasteiger partial charge >= 0.3 is 6.09 Å². The Kier molecular flexibility index (Phi) is 16.3. The van der Waals surface area contributed by atoms with Crippen molar-refractivity contribution in [1.29, 1.82) is 0 Å². The molecule has 4 aliphatic rings. The third-order valence-corrected chi connectivity index (χ3v) is 12.6. The normalized spacial score (nSPS) is 25.9. The predicted molar refractivity (Wildman–Crippen MR) is 235 cm³/mol. The zero-order chi connectivity index (χ0) is 43.3. The van der Waals surface area contributed by atoms with E-state index in [9.17, 15) is 20.1 Å². The first-order chi connectivity index (χ1) is 30.4. The van der Waals surface area contributed by atoms with Gasteiger partial charge in [0.1, 0.15) is 23.3 Å². The fourth-order valence-corrected chi connectivity index (χ4v) is 9.91. The number of aliphatic hydroxyl groups excluding tert-OH is 3. The highest BCUT2D eigenvalue weighted by atomic mass is 16.8. The fourth-order valence-electron chi connectivity index (χ4n) is 9.91. The molecular formula is C49H64N2O11. The van der Waals surface area contributed by atoms with E-state index < -0.39 is 30.1 Å². The van der Waals surface area contributed by atoms with Crippen LogP contribution in [-0.4, -0.2) is 110 Å². The van der Waals surface area contributed by atoms with Crippen molar-refractivity contribution in [2.75, 3.05) is 59.4 Å². The van der Waals surface area contributed by atoms with Crippen molar-refractivity contribution >= 4 is 22.6 Å². The van der Waals surface area contributed by atoms with Crippen LogP contribution in [0.4, 0.5) is 4.79 Å². The Hall–Kier alpha value is -4.50. The van der Waals surface area contributed by atoms with E-state index >= 15 is 0 Å². The number of amides is 1. The summed E-state index contributed by atoms with van der Waals surface area (Å²) in [4.78, 5) is 22.1. The van der Waals surface area contributed by atoms with Gasteiger partial charge in [0.15, 0.2) is 0 Å². The van der Waals surface area contributed by atoms with Crippen molar-refractivity contribution in [1.82, 2.24) is 4.90 Å². The Bertz CT molecular complexity index is 2000. The number of ether oxygens (including phenoxy) is 6. The molecule has 336 valence electrons. The van der Waals surface area contributed by atoms with Crippen LogP contribution in [0.25, 0.3) is 10.8 Å². The number of nitrogens with zero attached hydrogens (tertiary/aromatic N) is 2. The number of carbonyl (C=O) groups excluding carboxylic acids is 1. The molecule has 7 rings (SSSR count). The van der Waals surface area contributed by atoms with Crippen LogP contribution in [0.1, 0.15) is 82.6 Å². The number of carbonyl (C=O) groups is 1. The lowest BCUT2D eigenvalue weighted by Gasteiger charge is -2.59. The maximum atomic E-state index is 14.2. The van der Waals surface area contributed by atoms with Crippen LogP contribution in [0, 0.1) is 17.8 Å². The van der Waals surface area contributed by atoms with Gasteiger partial charge in [0, 0.05) is 44.1 Å². The van der Waals surface area contributed by atoms with Crippen molar-refractivity contribution in [3.8, 4) is 17.2 Å². The van der Waals surface area contributed by atoms with Crippen molar-refractivity contribution in [3.63, 3.8) is 0 Å². The van der Waals surface area contributed by atoms with Crippen LogP contribution in [0.2, 0.25) is 0 Å². The molecule has 3 N–H and O–H groups in total. The summed E-state index contributed by atoms with van der Waals surface area (Å²) < 4.78 is 38.5. The van der Waals surface area contributed by atoms with Crippen molar-refractivity contribution in [2.45, 2.75) is 95.2 Å². The van der Waals surface area contributed by atoms with Crippen LogP contribution < -0.4 is 9.47 Å². The first-order valence-electron chi connectivity index (χ1n) is 22.6. The number of hydrogen-bond acceptors (Lipinski definition) is 12. The van der Waals surface area contributed by atoms with Gasteiger partial charge in [0.25, 0.3) is 0 Å². The number of hydrogen-bond donors (Lipinski definition) is 3. The number of rotatable bonds is 22. The highest BCUT2D eigenvalue weighted by Gasteiger charge is 2.65.